The van der Waals surface area contributed by atoms with E-state index in [9.17, 15) is 18.3 Å². The van der Waals surface area contributed by atoms with E-state index in [1.54, 1.807) is 12.1 Å². The number of nitrogens with one attached hydrogen (secondary N) is 1. The number of aromatic hydroxyl groups is 1. The standard InChI is InChI=1S/C13H15Br2F3N2O.2ClH/c14-9-5-8(6-10(15)12(9)21)11(7-13(16,17)18)20-3-1-19-2-4-20;;/h5-6,11,19,21H,1-4,7H2;2*1H/t11-;;/m1../s1. The molecule has 0 saturated carbocycles. The first-order chi connectivity index (χ1) is 9.78. The Morgan fingerprint density at radius 1 is 1.13 bits per heavy atom. The summed E-state index contributed by atoms with van der Waals surface area (Å²) in [6.45, 7) is 2.48. The fourth-order valence-corrected chi connectivity index (χ4v) is 3.67. The largest absolute Gasteiger partial charge is 0.506 e. The van der Waals surface area contributed by atoms with Crippen LogP contribution in [0.4, 0.5) is 13.2 Å². The first-order valence-corrected chi connectivity index (χ1v) is 8.06. The number of piperazine rings is 1. The third-order valence-corrected chi connectivity index (χ3v) is 4.65. The summed E-state index contributed by atoms with van der Waals surface area (Å²) in [6, 6.07) is 2.36. The molecule has 23 heavy (non-hydrogen) atoms. The molecule has 2 N–H and O–H groups in total. The van der Waals surface area contributed by atoms with Crippen LogP contribution in [0.2, 0.25) is 0 Å². The van der Waals surface area contributed by atoms with E-state index < -0.39 is 18.6 Å². The summed E-state index contributed by atoms with van der Waals surface area (Å²) in [5.41, 5.74) is 0.533. The maximum Gasteiger partial charge on any atom is 0.390 e. The number of alkyl halides is 3. The molecule has 0 radical (unpaired) electrons. The van der Waals surface area contributed by atoms with Crippen LogP contribution in [-0.2, 0) is 0 Å². The Balaban J connectivity index is 0.00000242. The molecule has 3 nitrogen and oxygen atoms in total. The normalized spacial score (nSPS) is 17.1. The second kappa shape index (κ2) is 9.68. The van der Waals surface area contributed by atoms with Gasteiger partial charge in [0.2, 0.25) is 0 Å². The van der Waals surface area contributed by atoms with Gasteiger partial charge >= 0.3 is 6.18 Å². The number of hydrogen-bond donors (Lipinski definition) is 2. The Labute approximate surface area is 162 Å². The molecule has 0 amide bonds. The van der Waals surface area contributed by atoms with Gasteiger partial charge in [0.15, 0.2) is 0 Å². The topological polar surface area (TPSA) is 35.5 Å². The number of halogens is 7. The molecule has 1 aromatic rings. The van der Waals surface area contributed by atoms with Crippen molar-refractivity contribution in [2.24, 2.45) is 0 Å². The molecule has 0 aliphatic carbocycles. The van der Waals surface area contributed by atoms with E-state index in [1.807, 2.05) is 4.90 Å². The van der Waals surface area contributed by atoms with Crippen LogP contribution in [0.1, 0.15) is 18.0 Å². The predicted octanol–water partition coefficient (Wildman–Crippen LogP) is 4.66. The second-order valence-electron chi connectivity index (χ2n) is 4.95. The highest BCUT2D eigenvalue weighted by Gasteiger charge is 2.36. The van der Waals surface area contributed by atoms with Crippen LogP contribution in [-0.4, -0.2) is 42.4 Å². The van der Waals surface area contributed by atoms with Crippen LogP contribution in [0.15, 0.2) is 21.1 Å². The van der Waals surface area contributed by atoms with Crippen LogP contribution < -0.4 is 5.32 Å². The minimum Gasteiger partial charge on any atom is -0.506 e. The smallest absolute Gasteiger partial charge is 0.390 e. The first-order valence-electron chi connectivity index (χ1n) is 6.47. The van der Waals surface area contributed by atoms with Crippen molar-refractivity contribution in [1.82, 2.24) is 10.2 Å². The molecule has 134 valence electrons. The Morgan fingerprint density at radius 2 is 1.61 bits per heavy atom. The van der Waals surface area contributed by atoms with Crippen molar-refractivity contribution in [1.29, 1.82) is 0 Å². The highest BCUT2D eigenvalue weighted by atomic mass is 79.9. The Hall–Kier alpha value is 0.270. The van der Waals surface area contributed by atoms with Gasteiger partial charge in [-0.1, -0.05) is 0 Å². The first kappa shape index (κ1) is 23.3. The Kier molecular flexibility index (Phi) is 9.79. The van der Waals surface area contributed by atoms with Crippen molar-refractivity contribution in [2.45, 2.75) is 18.6 Å². The summed E-state index contributed by atoms with van der Waals surface area (Å²) in [7, 11) is 0. The van der Waals surface area contributed by atoms with Crippen molar-refractivity contribution in [3.8, 4) is 5.75 Å². The van der Waals surface area contributed by atoms with Crippen molar-refractivity contribution >= 4 is 56.7 Å². The summed E-state index contributed by atoms with van der Waals surface area (Å²) in [5, 5.41) is 12.9. The highest BCUT2D eigenvalue weighted by Crippen LogP contribution is 2.40. The van der Waals surface area contributed by atoms with Gasteiger partial charge in [-0.15, -0.1) is 24.8 Å². The lowest BCUT2D eigenvalue weighted by Gasteiger charge is -2.36. The van der Waals surface area contributed by atoms with E-state index in [0.717, 1.165) is 0 Å². The van der Waals surface area contributed by atoms with E-state index in [-0.39, 0.29) is 30.6 Å². The van der Waals surface area contributed by atoms with Gasteiger partial charge in [0.25, 0.3) is 0 Å². The van der Waals surface area contributed by atoms with Crippen molar-refractivity contribution < 1.29 is 18.3 Å². The number of benzene rings is 1. The van der Waals surface area contributed by atoms with Gasteiger partial charge in [0.05, 0.1) is 15.4 Å². The molecule has 1 atom stereocenters. The van der Waals surface area contributed by atoms with E-state index in [4.69, 9.17) is 0 Å². The van der Waals surface area contributed by atoms with E-state index in [0.29, 0.717) is 40.7 Å². The molecule has 1 aliphatic heterocycles. The van der Waals surface area contributed by atoms with Crippen molar-refractivity contribution in [3.05, 3.63) is 26.6 Å². The van der Waals surface area contributed by atoms with Crippen molar-refractivity contribution in [3.63, 3.8) is 0 Å². The third-order valence-electron chi connectivity index (χ3n) is 3.44. The summed E-state index contributed by atoms with van der Waals surface area (Å²) < 4.78 is 39.5. The molecule has 10 heteroatoms. The Bertz CT molecular complexity index is 491. The fourth-order valence-electron chi connectivity index (χ4n) is 2.45. The van der Waals surface area contributed by atoms with E-state index in [1.165, 1.54) is 0 Å². The molecule has 2 rings (SSSR count). The number of nitrogens with zero attached hydrogens (tertiary/aromatic N) is 1. The van der Waals surface area contributed by atoms with Crippen molar-refractivity contribution in [2.75, 3.05) is 26.2 Å². The quantitative estimate of drug-likeness (QED) is 0.628. The molecular formula is C13H17Br2Cl2F3N2O. The fraction of sp³-hybridized carbons (Fsp3) is 0.538. The second-order valence-corrected chi connectivity index (χ2v) is 6.66. The molecular weight excluding hydrogens is 488 g/mol. The molecule has 0 bridgehead atoms. The van der Waals surface area contributed by atoms with Gasteiger partial charge < -0.3 is 10.4 Å². The summed E-state index contributed by atoms with van der Waals surface area (Å²) >= 11 is 6.35. The number of rotatable bonds is 3. The van der Waals surface area contributed by atoms with E-state index in [2.05, 4.69) is 37.2 Å². The lowest BCUT2D eigenvalue weighted by Crippen LogP contribution is -2.46. The lowest BCUT2D eigenvalue weighted by molar-refractivity contribution is -0.148. The summed E-state index contributed by atoms with van der Waals surface area (Å²) in [5.74, 6) is -0.00943. The van der Waals surface area contributed by atoms with Gasteiger partial charge in [-0.05, 0) is 49.6 Å². The van der Waals surface area contributed by atoms with Gasteiger partial charge in [-0.3, -0.25) is 4.90 Å². The molecule has 1 heterocycles. The molecule has 1 fully saturated rings. The van der Waals surface area contributed by atoms with Crippen LogP contribution >= 0.6 is 56.7 Å². The number of hydrogen-bond acceptors (Lipinski definition) is 3. The maximum absolute atomic E-state index is 12.9. The third kappa shape index (κ3) is 6.59. The molecule has 1 aromatic carbocycles. The van der Waals surface area contributed by atoms with Crippen LogP contribution in [0.25, 0.3) is 0 Å². The SMILES string of the molecule is Cl.Cl.Oc1c(Br)cc([C@@H](CC(F)(F)F)N2CCNCC2)cc1Br. The van der Waals surface area contributed by atoms with Gasteiger partial charge in [-0.2, -0.15) is 13.2 Å². The zero-order valence-corrected chi connectivity index (χ0v) is 16.7. The highest BCUT2D eigenvalue weighted by molar-refractivity contribution is 9.11. The predicted molar refractivity (Wildman–Crippen MR) is 95.9 cm³/mol. The van der Waals surface area contributed by atoms with Crippen LogP contribution in [0.3, 0.4) is 0 Å². The molecule has 0 unspecified atom stereocenters. The zero-order valence-electron chi connectivity index (χ0n) is 11.9. The lowest BCUT2D eigenvalue weighted by atomic mass is 10.0. The van der Waals surface area contributed by atoms with E-state index >= 15 is 0 Å². The zero-order chi connectivity index (χ0) is 15.6. The van der Waals surface area contributed by atoms with Crippen LogP contribution in [0.5, 0.6) is 5.75 Å². The molecule has 0 aromatic heterocycles. The average Bonchev–Trinajstić information content (AvgIpc) is 2.41. The van der Waals surface area contributed by atoms with Gasteiger partial charge in [-0.25, -0.2) is 0 Å². The summed E-state index contributed by atoms with van der Waals surface area (Å²) in [4.78, 5) is 1.83. The minimum absolute atomic E-state index is 0. The number of phenols is 1. The van der Waals surface area contributed by atoms with Gasteiger partial charge in [0, 0.05) is 32.2 Å². The van der Waals surface area contributed by atoms with Crippen LogP contribution in [0, 0.1) is 0 Å². The molecule has 0 spiro atoms. The average molecular weight is 505 g/mol. The monoisotopic (exact) mass is 502 g/mol. The molecule has 1 aliphatic rings. The number of phenolic OH excluding ortho intramolecular Hbond substituents is 1. The van der Waals surface area contributed by atoms with Gasteiger partial charge in [0.1, 0.15) is 5.75 Å². The minimum atomic E-state index is -4.24. The summed E-state index contributed by atoms with van der Waals surface area (Å²) in [6.07, 6.45) is -5.15. The Morgan fingerprint density at radius 3 is 2.04 bits per heavy atom. The molecule has 1 saturated heterocycles. The maximum atomic E-state index is 12.9.